The molecule has 3 rings (SSSR count). The van der Waals surface area contributed by atoms with E-state index < -0.39 is 5.82 Å². The summed E-state index contributed by atoms with van der Waals surface area (Å²) in [5, 5.41) is 9.74. The lowest BCUT2D eigenvalue weighted by Crippen LogP contribution is -2.48. The predicted octanol–water partition coefficient (Wildman–Crippen LogP) is 2.24. The molecule has 2 atom stereocenters. The Kier molecular flexibility index (Phi) is 3.27. The van der Waals surface area contributed by atoms with E-state index >= 15 is 0 Å². The van der Waals surface area contributed by atoms with E-state index in [0.29, 0.717) is 18.4 Å². The molecular formula is C14H16FNO2S. The average molecular weight is 281 g/mol. The number of nitrogens with zero attached hydrogens (tertiary/aromatic N) is 1. The highest BCUT2D eigenvalue weighted by molar-refractivity contribution is 7.80. The van der Waals surface area contributed by atoms with Crippen LogP contribution in [-0.4, -0.2) is 34.1 Å². The number of rotatable bonds is 1. The van der Waals surface area contributed by atoms with Crippen molar-refractivity contribution in [1.82, 2.24) is 4.90 Å². The second-order valence-electron chi connectivity index (χ2n) is 5.39. The quantitative estimate of drug-likeness (QED) is 0.775. The number of fused-ring (bicyclic) bond motifs is 2. The summed E-state index contributed by atoms with van der Waals surface area (Å²) in [5.41, 5.74) is 0.472. The molecule has 1 amide bonds. The minimum absolute atomic E-state index is 0.0744. The van der Waals surface area contributed by atoms with Gasteiger partial charge < -0.3 is 10.0 Å². The molecular weight excluding hydrogens is 265 g/mol. The van der Waals surface area contributed by atoms with Crippen LogP contribution < -0.4 is 0 Å². The number of piperidine rings is 1. The molecule has 5 heteroatoms. The van der Waals surface area contributed by atoms with Crippen molar-refractivity contribution in [3.8, 4) is 0 Å². The molecule has 0 radical (unpaired) electrons. The van der Waals surface area contributed by atoms with Crippen LogP contribution in [0.25, 0.3) is 0 Å². The van der Waals surface area contributed by atoms with Gasteiger partial charge in [0.25, 0.3) is 5.91 Å². The molecule has 2 unspecified atom stereocenters. The van der Waals surface area contributed by atoms with E-state index in [-0.39, 0.29) is 29.0 Å². The summed E-state index contributed by atoms with van der Waals surface area (Å²) in [7, 11) is 0. The number of carbonyl (C=O) groups is 1. The third-order valence-corrected chi connectivity index (χ3v) is 4.48. The molecule has 0 aromatic heterocycles. The lowest BCUT2D eigenvalue weighted by molar-refractivity contribution is 0.0286. The molecule has 0 spiro atoms. The molecule has 2 bridgehead atoms. The smallest absolute Gasteiger partial charge is 0.254 e. The lowest BCUT2D eigenvalue weighted by atomic mass is 9.99. The molecule has 2 aliphatic rings. The SMILES string of the molecule is O=C(c1ccc(F)c(S)c1)N1C2CCC1CC(O)C2. The molecule has 1 aromatic rings. The molecule has 1 N–H and O–H groups in total. The van der Waals surface area contributed by atoms with Gasteiger partial charge in [-0.3, -0.25) is 4.79 Å². The summed E-state index contributed by atoms with van der Waals surface area (Å²) >= 11 is 4.02. The van der Waals surface area contributed by atoms with Gasteiger partial charge >= 0.3 is 0 Å². The van der Waals surface area contributed by atoms with Gasteiger partial charge in [0, 0.05) is 22.5 Å². The van der Waals surface area contributed by atoms with Crippen LogP contribution >= 0.6 is 12.6 Å². The lowest BCUT2D eigenvalue weighted by Gasteiger charge is -2.37. The van der Waals surface area contributed by atoms with E-state index in [4.69, 9.17) is 0 Å². The van der Waals surface area contributed by atoms with E-state index in [9.17, 15) is 14.3 Å². The highest BCUT2D eigenvalue weighted by Crippen LogP contribution is 2.36. The number of aliphatic hydroxyl groups is 1. The average Bonchev–Trinajstić information content (AvgIpc) is 2.64. The van der Waals surface area contributed by atoms with Gasteiger partial charge in [0.05, 0.1) is 6.10 Å². The molecule has 19 heavy (non-hydrogen) atoms. The van der Waals surface area contributed by atoms with Gasteiger partial charge in [0.2, 0.25) is 0 Å². The number of aliphatic hydroxyl groups excluding tert-OH is 1. The van der Waals surface area contributed by atoms with Crippen LogP contribution in [0.15, 0.2) is 23.1 Å². The van der Waals surface area contributed by atoms with Crippen molar-refractivity contribution in [2.45, 2.75) is 48.8 Å². The van der Waals surface area contributed by atoms with Crippen molar-refractivity contribution in [1.29, 1.82) is 0 Å². The Morgan fingerprint density at radius 2 is 1.95 bits per heavy atom. The Bertz CT molecular complexity index is 508. The molecule has 0 saturated carbocycles. The second-order valence-corrected chi connectivity index (χ2v) is 5.87. The van der Waals surface area contributed by atoms with Crippen molar-refractivity contribution < 1.29 is 14.3 Å². The van der Waals surface area contributed by atoms with Gasteiger partial charge in [-0.1, -0.05) is 0 Å². The maximum absolute atomic E-state index is 13.2. The number of benzene rings is 1. The van der Waals surface area contributed by atoms with Crippen LogP contribution in [0.5, 0.6) is 0 Å². The largest absolute Gasteiger partial charge is 0.393 e. The summed E-state index contributed by atoms with van der Waals surface area (Å²) in [5.74, 6) is -0.494. The van der Waals surface area contributed by atoms with Gasteiger partial charge in [-0.05, 0) is 43.9 Å². The Balaban J connectivity index is 1.86. The summed E-state index contributed by atoms with van der Waals surface area (Å²) in [6.45, 7) is 0. The number of hydrogen-bond acceptors (Lipinski definition) is 3. The van der Waals surface area contributed by atoms with Crippen molar-refractivity contribution in [2.75, 3.05) is 0 Å². The van der Waals surface area contributed by atoms with Gasteiger partial charge in [-0.25, -0.2) is 4.39 Å². The Morgan fingerprint density at radius 1 is 1.32 bits per heavy atom. The van der Waals surface area contributed by atoms with Crippen LogP contribution in [0.1, 0.15) is 36.0 Å². The zero-order chi connectivity index (χ0) is 13.6. The Labute approximate surface area is 116 Å². The highest BCUT2D eigenvalue weighted by Gasteiger charge is 2.42. The molecule has 2 fully saturated rings. The van der Waals surface area contributed by atoms with E-state index in [1.54, 1.807) is 0 Å². The Hall–Kier alpha value is -1.07. The summed E-state index contributed by atoms with van der Waals surface area (Å²) < 4.78 is 13.2. The van der Waals surface area contributed by atoms with Gasteiger partial charge in [0.15, 0.2) is 0 Å². The van der Waals surface area contributed by atoms with E-state index in [1.807, 2.05) is 4.90 Å². The Morgan fingerprint density at radius 3 is 2.53 bits per heavy atom. The monoisotopic (exact) mass is 281 g/mol. The number of carbonyl (C=O) groups excluding carboxylic acids is 1. The molecule has 102 valence electrons. The van der Waals surface area contributed by atoms with Crippen LogP contribution in [0.4, 0.5) is 4.39 Å². The number of thiol groups is 1. The van der Waals surface area contributed by atoms with Crippen molar-refractivity contribution >= 4 is 18.5 Å². The van der Waals surface area contributed by atoms with Crippen LogP contribution in [0.2, 0.25) is 0 Å². The third kappa shape index (κ3) is 2.25. The van der Waals surface area contributed by atoms with E-state index in [2.05, 4.69) is 12.6 Å². The fourth-order valence-corrected chi connectivity index (χ4v) is 3.49. The fourth-order valence-electron chi connectivity index (χ4n) is 3.27. The standard InChI is InChI=1S/C14H16FNO2S/c15-12-4-1-8(5-13(12)19)14(18)16-9-2-3-10(16)7-11(17)6-9/h1,4-5,9-11,17,19H,2-3,6-7H2. The van der Waals surface area contributed by atoms with E-state index in [1.165, 1.54) is 18.2 Å². The number of amides is 1. The number of halogens is 1. The van der Waals surface area contributed by atoms with Gasteiger partial charge in [-0.2, -0.15) is 0 Å². The van der Waals surface area contributed by atoms with Crippen LogP contribution in [-0.2, 0) is 0 Å². The summed E-state index contributed by atoms with van der Waals surface area (Å²) in [4.78, 5) is 14.6. The van der Waals surface area contributed by atoms with Crippen molar-refractivity contribution in [3.05, 3.63) is 29.6 Å². The van der Waals surface area contributed by atoms with Gasteiger partial charge in [-0.15, -0.1) is 12.6 Å². The topological polar surface area (TPSA) is 40.5 Å². The predicted molar refractivity (Wildman–Crippen MR) is 71.9 cm³/mol. The zero-order valence-electron chi connectivity index (χ0n) is 10.4. The first-order chi connectivity index (χ1) is 9.06. The number of hydrogen-bond donors (Lipinski definition) is 2. The molecule has 2 aliphatic heterocycles. The van der Waals surface area contributed by atoms with Crippen molar-refractivity contribution in [3.63, 3.8) is 0 Å². The second kappa shape index (κ2) is 4.80. The van der Waals surface area contributed by atoms with Crippen LogP contribution in [0.3, 0.4) is 0 Å². The molecule has 2 heterocycles. The molecule has 3 nitrogen and oxygen atoms in total. The van der Waals surface area contributed by atoms with Gasteiger partial charge in [0.1, 0.15) is 5.82 Å². The highest BCUT2D eigenvalue weighted by atomic mass is 32.1. The first-order valence-electron chi connectivity index (χ1n) is 6.55. The molecule has 0 aliphatic carbocycles. The molecule has 1 aromatic carbocycles. The van der Waals surface area contributed by atoms with E-state index in [0.717, 1.165) is 12.8 Å². The maximum atomic E-state index is 13.2. The molecule has 2 saturated heterocycles. The normalized spacial score (nSPS) is 29.6. The first-order valence-corrected chi connectivity index (χ1v) is 7.00. The summed E-state index contributed by atoms with van der Waals surface area (Å²) in [6, 6.07) is 4.49. The minimum atomic E-state index is -0.420. The maximum Gasteiger partial charge on any atom is 0.254 e. The summed E-state index contributed by atoms with van der Waals surface area (Å²) in [6.07, 6.45) is 2.90. The van der Waals surface area contributed by atoms with Crippen LogP contribution in [0, 0.1) is 5.82 Å². The third-order valence-electron chi connectivity index (χ3n) is 4.14. The zero-order valence-corrected chi connectivity index (χ0v) is 11.3. The first kappa shape index (κ1) is 12.9. The fraction of sp³-hybridized carbons (Fsp3) is 0.500. The van der Waals surface area contributed by atoms with Crippen molar-refractivity contribution in [2.24, 2.45) is 0 Å². The minimum Gasteiger partial charge on any atom is -0.393 e.